The molecule has 0 amide bonds. The highest BCUT2D eigenvalue weighted by Crippen LogP contribution is 1.95. The summed E-state index contributed by atoms with van der Waals surface area (Å²) in [6.07, 6.45) is 1.77. The lowest BCUT2D eigenvalue weighted by atomic mass is 10.1. The Morgan fingerprint density at radius 1 is 1.45 bits per heavy atom. The van der Waals surface area contributed by atoms with Gasteiger partial charge in [0.2, 0.25) is 0 Å². The van der Waals surface area contributed by atoms with E-state index in [0.29, 0.717) is 5.92 Å². The summed E-state index contributed by atoms with van der Waals surface area (Å²) in [5.74, 6) is 0.433. The van der Waals surface area contributed by atoms with Crippen LogP contribution in [0.15, 0.2) is 22.3 Å². The first-order chi connectivity index (χ1) is 5.07. The Hall–Kier alpha value is -0.920. The molecule has 0 radical (unpaired) electrons. The molecule has 0 heterocycles. The summed E-state index contributed by atoms with van der Waals surface area (Å²) in [6.45, 7) is 9.71. The van der Waals surface area contributed by atoms with Crippen LogP contribution < -0.4 is 0 Å². The molecule has 2 heteroatoms. The van der Waals surface area contributed by atoms with Gasteiger partial charge in [-0.05, 0) is 12.8 Å². The number of allylic oxidation sites excluding steroid dienone is 1. The topological polar surface area (TPSA) is 24.7 Å². The molecule has 0 saturated carbocycles. The predicted octanol–water partition coefficient (Wildman–Crippen LogP) is 2.32. The van der Waals surface area contributed by atoms with Crippen molar-refractivity contribution in [2.75, 3.05) is 7.05 Å². The Labute approximate surface area is 68.8 Å². The van der Waals surface area contributed by atoms with Crippen molar-refractivity contribution >= 4 is 11.9 Å². The van der Waals surface area contributed by atoms with Crippen LogP contribution in [0.1, 0.15) is 20.8 Å². The maximum atomic E-state index is 4.09. The monoisotopic (exact) mass is 152 g/mol. The second kappa shape index (κ2) is 4.83. The van der Waals surface area contributed by atoms with E-state index < -0.39 is 0 Å². The molecule has 0 aromatic rings. The fourth-order valence-electron chi connectivity index (χ4n) is 0.641. The first kappa shape index (κ1) is 10.1. The summed E-state index contributed by atoms with van der Waals surface area (Å²) in [5, 5.41) is 0. The number of aliphatic imine (C=N–C) groups is 2. The maximum Gasteiger partial charge on any atom is 0.0552 e. The Bertz CT molecular complexity index is 188. The van der Waals surface area contributed by atoms with Gasteiger partial charge in [0.1, 0.15) is 0 Å². The van der Waals surface area contributed by atoms with Crippen LogP contribution >= 0.6 is 0 Å². The summed E-state index contributed by atoms with van der Waals surface area (Å²) >= 11 is 0. The highest BCUT2D eigenvalue weighted by atomic mass is 14.8. The predicted molar refractivity (Wildman–Crippen MR) is 51.5 cm³/mol. The van der Waals surface area contributed by atoms with Gasteiger partial charge >= 0.3 is 0 Å². The largest absolute Gasteiger partial charge is 0.291 e. The van der Waals surface area contributed by atoms with Gasteiger partial charge in [0, 0.05) is 19.0 Å². The minimum Gasteiger partial charge on any atom is -0.291 e. The Morgan fingerprint density at radius 3 is 2.27 bits per heavy atom. The Kier molecular flexibility index (Phi) is 4.42. The summed E-state index contributed by atoms with van der Waals surface area (Å²) in [5.41, 5.74) is 1.82. The molecule has 0 unspecified atom stereocenters. The van der Waals surface area contributed by atoms with E-state index in [-0.39, 0.29) is 0 Å². The molecule has 0 fully saturated rings. The summed E-state index contributed by atoms with van der Waals surface area (Å²) in [4.78, 5) is 8.15. The first-order valence-electron chi connectivity index (χ1n) is 3.74. The van der Waals surface area contributed by atoms with Gasteiger partial charge in [-0.15, -0.1) is 0 Å². The standard InChI is InChI=1S/C9H16N2/c1-7(2)9(10-5)6-11-8(3)4/h6-7H,3H2,1-2,4-5H3/b10-9+,11-6-. The molecule has 0 spiro atoms. The second-order valence-electron chi connectivity index (χ2n) is 2.80. The third-order valence-corrected chi connectivity index (χ3v) is 1.27. The molecule has 0 aromatic heterocycles. The van der Waals surface area contributed by atoms with E-state index >= 15 is 0 Å². The molecule has 0 aliphatic rings. The van der Waals surface area contributed by atoms with E-state index in [4.69, 9.17) is 0 Å². The quantitative estimate of drug-likeness (QED) is 0.554. The highest BCUT2D eigenvalue weighted by Gasteiger charge is 1.98. The smallest absolute Gasteiger partial charge is 0.0552 e. The van der Waals surface area contributed by atoms with Crippen molar-refractivity contribution in [3.63, 3.8) is 0 Å². The first-order valence-corrected chi connectivity index (χ1v) is 3.74. The second-order valence-corrected chi connectivity index (χ2v) is 2.80. The van der Waals surface area contributed by atoms with E-state index in [1.165, 1.54) is 0 Å². The third-order valence-electron chi connectivity index (χ3n) is 1.27. The average Bonchev–Trinajstić information content (AvgIpc) is 1.87. The number of rotatable bonds is 3. The Balaban J connectivity index is 4.22. The molecular formula is C9H16N2. The zero-order chi connectivity index (χ0) is 8.85. The third kappa shape index (κ3) is 4.48. The maximum absolute atomic E-state index is 4.09. The van der Waals surface area contributed by atoms with Crippen molar-refractivity contribution in [2.45, 2.75) is 20.8 Å². The molecule has 11 heavy (non-hydrogen) atoms. The van der Waals surface area contributed by atoms with Crippen molar-refractivity contribution in [1.29, 1.82) is 0 Å². The SMILES string of the molecule is C=C(C)/N=C\C(=N/C)C(C)C. The van der Waals surface area contributed by atoms with Crippen molar-refractivity contribution in [3.8, 4) is 0 Å². The highest BCUT2D eigenvalue weighted by molar-refractivity contribution is 6.31. The fourth-order valence-corrected chi connectivity index (χ4v) is 0.641. The van der Waals surface area contributed by atoms with Gasteiger partial charge < -0.3 is 0 Å². The zero-order valence-corrected chi connectivity index (χ0v) is 7.76. The van der Waals surface area contributed by atoms with Crippen LogP contribution in [0.25, 0.3) is 0 Å². The average molecular weight is 152 g/mol. The number of hydrogen-bond donors (Lipinski definition) is 0. The van der Waals surface area contributed by atoms with Crippen molar-refractivity contribution in [2.24, 2.45) is 15.9 Å². The van der Waals surface area contributed by atoms with E-state index in [9.17, 15) is 0 Å². The lowest BCUT2D eigenvalue weighted by Gasteiger charge is -2.01. The minimum absolute atomic E-state index is 0.433. The molecule has 0 aliphatic carbocycles. The molecular weight excluding hydrogens is 136 g/mol. The molecule has 0 aromatic carbocycles. The van der Waals surface area contributed by atoms with Gasteiger partial charge in [-0.25, -0.2) is 0 Å². The Morgan fingerprint density at radius 2 is 2.00 bits per heavy atom. The molecule has 2 nitrogen and oxygen atoms in total. The summed E-state index contributed by atoms with van der Waals surface area (Å²) in [6, 6.07) is 0. The van der Waals surface area contributed by atoms with Crippen molar-refractivity contribution in [3.05, 3.63) is 12.3 Å². The van der Waals surface area contributed by atoms with E-state index in [0.717, 1.165) is 11.4 Å². The normalized spacial score (nSPS) is 13.0. The van der Waals surface area contributed by atoms with Crippen LogP contribution in [-0.4, -0.2) is 19.0 Å². The van der Waals surface area contributed by atoms with Gasteiger partial charge in [-0.2, -0.15) is 0 Å². The zero-order valence-electron chi connectivity index (χ0n) is 7.76. The van der Waals surface area contributed by atoms with E-state index in [1.807, 2.05) is 6.92 Å². The summed E-state index contributed by atoms with van der Waals surface area (Å²) < 4.78 is 0. The van der Waals surface area contributed by atoms with Crippen LogP contribution in [0, 0.1) is 5.92 Å². The summed E-state index contributed by atoms with van der Waals surface area (Å²) in [7, 11) is 1.78. The molecule has 62 valence electrons. The van der Waals surface area contributed by atoms with Crippen LogP contribution in [0.4, 0.5) is 0 Å². The molecule has 0 N–H and O–H groups in total. The fraction of sp³-hybridized carbons (Fsp3) is 0.556. The lowest BCUT2D eigenvalue weighted by Crippen LogP contribution is -2.08. The van der Waals surface area contributed by atoms with Crippen LogP contribution in [0.3, 0.4) is 0 Å². The van der Waals surface area contributed by atoms with Crippen molar-refractivity contribution < 1.29 is 0 Å². The molecule has 0 bridgehead atoms. The minimum atomic E-state index is 0.433. The van der Waals surface area contributed by atoms with E-state index in [2.05, 4.69) is 30.4 Å². The van der Waals surface area contributed by atoms with Gasteiger partial charge in [0.15, 0.2) is 0 Å². The van der Waals surface area contributed by atoms with Gasteiger partial charge in [-0.3, -0.25) is 9.98 Å². The van der Waals surface area contributed by atoms with Crippen LogP contribution in [0.5, 0.6) is 0 Å². The lowest BCUT2D eigenvalue weighted by molar-refractivity contribution is 0.893. The van der Waals surface area contributed by atoms with Gasteiger partial charge in [0.05, 0.1) is 5.71 Å². The van der Waals surface area contributed by atoms with E-state index in [1.54, 1.807) is 13.3 Å². The number of hydrogen-bond acceptors (Lipinski definition) is 2. The molecule has 0 rings (SSSR count). The molecule has 0 saturated heterocycles. The van der Waals surface area contributed by atoms with Crippen LogP contribution in [0.2, 0.25) is 0 Å². The van der Waals surface area contributed by atoms with Crippen LogP contribution in [-0.2, 0) is 0 Å². The van der Waals surface area contributed by atoms with Gasteiger partial charge in [0.25, 0.3) is 0 Å². The van der Waals surface area contributed by atoms with Gasteiger partial charge in [-0.1, -0.05) is 20.4 Å². The molecule has 0 aliphatic heterocycles. The number of nitrogens with zero attached hydrogens (tertiary/aromatic N) is 2. The van der Waals surface area contributed by atoms with Crippen molar-refractivity contribution in [1.82, 2.24) is 0 Å². The molecule has 0 atom stereocenters.